The van der Waals surface area contributed by atoms with Gasteiger partial charge in [0.05, 0.1) is 13.2 Å². The van der Waals surface area contributed by atoms with Gasteiger partial charge in [-0.15, -0.1) is 0 Å². The zero-order chi connectivity index (χ0) is 9.40. The van der Waals surface area contributed by atoms with Gasteiger partial charge in [-0.3, -0.25) is 4.79 Å². The molecule has 0 aromatic heterocycles. The Morgan fingerprint density at radius 3 is 2.83 bits per heavy atom. The van der Waals surface area contributed by atoms with Gasteiger partial charge < -0.3 is 15.2 Å². The lowest BCUT2D eigenvalue weighted by atomic mass is 10.2. The Balaban J connectivity index is 3.30. The van der Waals surface area contributed by atoms with Crippen molar-refractivity contribution in [3.63, 3.8) is 0 Å². The number of aliphatic hydroxyl groups is 1. The van der Waals surface area contributed by atoms with E-state index in [-0.39, 0.29) is 12.4 Å². The fraction of sp³-hybridized carbons (Fsp3) is 0.875. The largest absolute Gasteiger partial charge is 0.469 e. The number of rotatable bonds is 6. The van der Waals surface area contributed by atoms with E-state index in [0.717, 1.165) is 6.54 Å². The number of nitrogens with one attached hydrogen (secondary N) is 1. The lowest BCUT2D eigenvalue weighted by molar-refractivity contribution is -0.141. The first-order chi connectivity index (χ1) is 5.70. The van der Waals surface area contributed by atoms with Gasteiger partial charge in [-0.1, -0.05) is 6.92 Å². The highest BCUT2D eigenvalue weighted by Crippen LogP contribution is 1.97. The van der Waals surface area contributed by atoms with Crippen molar-refractivity contribution in [1.82, 2.24) is 5.32 Å². The maximum atomic E-state index is 10.6. The normalized spacial score (nSPS) is 12.6. The Kier molecular flexibility index (Phi) is 6.70. The third kappa shape index (κ3) is 6.12. The molecule has 0 aliphatic rings. The van der Waals surface area contributed by atoms with Gasteiger partial charge in [0.15, 0.2) is 0 Å². The second kappa shape index (κ2) is 7.06. The van der Waals surface area contributed by atoms with Crippen LogP contribution in [0.5, 0.6) is 0 Å². The van der Waals surface area contributed by atoms with Crippen LogP contribution >= 0.6 is 0 Å². The summed E-state index contributed by atoms with van der Waals surface area (Å²) in [4.78, 5) is 10.6. The minimum Gasteiger partial charge on any atom is -0.469 e. The van der Waals surface area contributed by atoms with Crippen molar-refractivity contribution in [2.24, 2.45) is 0 Å². The van der Waals surface area contributed by atoms with Crippen LogP contribution in [0.25, 0.3) is 0 Å². The van der Waals surface area contributed by atoms with Gasteiger partial charge in [0, 0.05) is 13.0 Å². The average molecular weight is 175 g/mol. The summed E-state index contributed by atoms with van der Waals surface area (Å²) in [5, 5.41) is 12.2. The van der Waals surface area contributed by atoms with Crippen molar-refractivity contribution in [3.8, 4) is 0 Å². The molecule has 72 valence electrons. The molecule has 0 fully saturated rings. The van der Waals surface area contributed by atoms with Crippen LogP contribution in [0.15, 0.2) is 0 Å². The molecule has 1 atom stereocenters. The smallest absolute Gasteiger partial charge is 0.305 e. The lowest BCUT2D eigenvalue weighted by Gasteiger charge is -2.09. The van der Waals surface area contributed by atoms with E-state index in [4.69, 9.17) is 0 Å². The quantitative estimate of drug-likeness (QED) is 0.554. The van der Waals surface area contributed by atoms with Crippen LogP contribution < -0.4 is 5.32 Å². The highest BCUT2D eigenvalue weighted by atomic mass is 16.5. The highest BCUT2D eigenvalue weighted by molar-refractivity contribution is 5.69. The molecule has 2 N–H and O–H groups in total. The SMILES string of the molecule is CCNCC(O)CCC(=O)OC. The summed E-state index contributed by atoms with van der Waals surface area (Å²) in [5.74, 6) is -0.273. The van der Waals surface area contributed by atoms with E-state index in [0.29, 0.717) is 13.0 Å². The number of ether oxygens (including phenoxy) is 1. The number of carbonyl (C=O) groups excluding carboxylic acids is 1. The molecule has 0 heterocycles. The summed E-state index contributed by atoms with van der Waals surface area (Å²) in [7, 11) is 1.35. The number of esters is 1. The van der Waals surface area contributed by atoms with Crippen LogP contribution in [0.2, 0.25) is 0 Å². The minimum absolute atomic E-state index is 0.273. The molecule has 0 aromatic rings. The fourth-order valence-corrected chi connectivity index (χ4v) is 0.800. The van der Waals surface area contributed by atoms with Crippen LogP contribution in [-0.2, 0) is 9.53 Å². The monoisotopic (exact) mass is 175 g/mol. The van der Waals surface area contributed by atoms with Gasteiger partial charge in [-0.05, 0) is 13.0 Å². The average Bonchev–Trinajstić information content (AvgIpc) is 2.10. The molecule has 0 saturated heterocycles. The molecule has 0 spiro atoms. The van der Waals surface area contributed by atoms with Crippen LogP contribution in [0.1, 0.15) is 19.8 Å². The standard InChI is InChI=1S/C8H17NO3/c1-3-9-6-7(10)4-5-8(11)12-2/h7,9-10H,3-6H2,1-2H3. The first-order valence-electron chi connectivity index (χ1n) is 4.16. The number of carbonyl (C=O) groups is 1. The third-order valence-corrected chi connectivity index (χ3v) is 1.54. The molecule has 0 radical (unpaired) electrons. The van der Waals surface area contributed by atoms with E-state index in [1.165, 1.54) is 7.11 Å². The fourth-order valence-electron chi connectivity index (χ4n) is 0.800. The topological polar surface area (TPSA) is 58.6 Å². The lowest BCUT2D eigenvalue weighted by Crippen LogP contribution is -2.27. The maximum Gasteiger partial charge on any atom is 0.305 e. The van der Waals surface area contributed by atoms with E-state index >= 15 is 0 Å². The van der Waals surface area contributed by atoms with E-state index in [9.17, 15) is 9.90 Å². The number of hydrogen-bond acceptors (Lipinski definition) is 4. The van der Waals surface area contributed by atoms with Gasteiger partial charge in [0.1, 0.15) is 0 Å². The van der Waals surface area contributed by atoms with Gasteiger partial charge in [0.25, 0.3) is 0 Å². The molecule has 4 heteroatoms. The van der Waals surface area contributed by atoms with Gasteiger partial charge in [-0.25, -0.2) is 0 Å². The molecule has 4 nitrogen and oxygen atoms in total. The van der Waals surface area contributed by atoms with Crippen molar-refractivity contribution in [1.29, 1.82) is 0 Å². The Bertz CT molecular complexity index is 127. The van der Waals surface area contributed by atoms with Crippen LogP contribution in [0.3, 0.4) is 0 Å². The molecule has 0 saturated carbocycles. The van der Waals surface area contributed by atoms with Crippen LogP contribution in [0.4, 0.5) is 0 Å². The zero-order valence-corrected chi connectivity index (χ0v) is 7.67. The van der Waals surface area contributed by atoms with Crippen molar-refractivity contribution < 1.29 is 14.6 Å². The number of methoxy groups -OCH3 is 1. The third-order valence-electron chi connectivity index (χ3n) is 1.54. The summed E-state index contributed by atoms with van der Waals surface area (Å²) in [6.07, 6.45) is 0.284. The Hall–Kier alpha value is -0.610. The van der Waals surface area contributed by atoms with Gasteiger partial charge in [0.2, 0.25) is 0 Å². The van der Waals surface area contributed by atoms with Crippen LogP contribution in [-0.4, -0.2) is 37.4 Å². The summed E-state index contributed by atoms with van der Waals surface area (Å²) in [6, 6.07) is 0. The molecule has 0 aliphatic heterocycles. The van der Waals surface area contributed by atoms with E-state index in [2.05, 4.69) is 10.1 Å². The number of hydrogen-bond donors (Lipinski definition) is 2. The van der Waals surface area contributed by atoms with Crippen molar-refractivity contribution >= 4 is 5.97 Å². The maximum absolute atomic E-state index is 10.6. The molecule has 0 bridgehead atoms. The first kappa shape index (κ1) is 11.4. The molecule has 1 unspecified atom stereocenters. The minimum atomic E-state index is -0.455. The van der Waals surface area contributed by atoms with E-state index < -0.39 is 6.10 Å². The zero-order valence-electron chi connectivity index (χ0n) is 7.67. The molecule has 0 aliphatic carbocycles. The summed E-state index contributed by atoms with van der Waals surface area (Å²) in [6.45, 7) is 3.33. The molecule has 0 amide bonds. The Labute approximate surface area is 72.9 Å². The molecular weight excluding hydrogens is 158 g/mol. The second-order valence-corrected chi connectivity index (χ2v) is 2.58. The Morgan fingerprint density at radius 1 is 1.67 bits per heavy atom. The first-order valence-corrected chi connectivity index (χ1v) is 4.16. The highest BCUT2D eigenvalue weighted by Gasteiger charge is 2.06. The molecule has 0 rings (SSSR count). The molecule has 12 heavy (non-hydrogen) atoms. The van der Waals surface area contributed by atoms with Crippen molar-refractivity contribution in [2.75, 3.05) is 20.2 Å². The van der Waals surface area contributed by atoms with Crippen molar-refractivity contribution in [3.05, 3.63) is 0 Å². The van der Waals surface area contributed by atoms with E-state index in [1.807, 2.05) is 6.92 Å². The van der Waals surface area contributed by atoms with Crippen molar-refractivity contribution in [2.45, 2.75) is 25.9 Å². The second-order valence-electron chi connectivity index (χ2n) is 2.58. The predicted molar refractivity (Wildman–Crippen MR) is 45.8 cm³/mol. The molecule has 0 aromatic carbocycles. The summed E-state index contributed by atoms with van der Waals surface area (Å²) >= 11 is 0. The van der Waals surface area contributed by atoms with Crippen LogP contribution in [0, 0.1) is 0 Å². The summed E-state index contributed by atoms with van der Waals surface area (Å²) in [5.41, 5.74) is 0. The number of likely N-dealkylation sites (N-methyl/N-ethyl adjacent to an activating group) is 1. The molecular formula is C8H17NO3. The number of aliphatic hydroxyl groups excluding tert-OH is 1. The van der Waals surface area contributed by atoms with Gasteiger partial charge >= 0.3 is 5.97 Å². The van der Waals surface area contributed by atoms with Gasteiger partial charge in [-0.2, -0.15) is 0 Å². The van der Waals surface area contributed by atoms with E-state index in [1.54, 1.807) is 0 Å². The predicted octanol–water partition coefficient (Wildman–Crippen LogP) is -0.0900. The summed E-state index contributed by atoms with van der Waals surface area (Å²) < 4.78 is 4.43. The Morgan fingerprint density at radius 2 is 2.33 bits per heavy atom.